The summed E-state index contributed by atoms with van der Waals surface area (Å²) in [5, 5.41) is 8.27. The van der Waals surface area contributed by atoms with E-state index in [4.69, 9.17) is 10.00 Å². The Morgan fingerprint density at radius 3 is 2.50 bits per heavy atom. The van der Waals surface area contributed by atoms with Gasteiger partial charge in [-0.2, -0.15) is 5.26 Å². The van der Waals surface area contributed by atoms with Crippen LogP contribution in [0, 0.1) is 17.2 Å². The molecule has 0 N–H and O–H groups in total. The maximum atomic E-state index is 8.27. The van der Waals surface area contributed by atoms with E-state index in [1.165, 1.54) is 0 Å². The Bertz CT molecular complexity index is 137. The summed E-state index contributed by atoms with van der Waals surface area (Å²) in [6, 6.07) is 2.10. The van der Waals surface area contributed by atoms with Crippen molar-refractivity contribution >= 4 is 0 Å². The molecule has 0 bridgehead atoms. The highest BCUT2D eigenvalue weighted by Crippen LogP contribution is 2.07. The van der Waals surface area contributed by atoms with Crippen LogP contribution in [0.3, 0.4) is 0 Å². The molecule has 0 spiro atoms. The molecule has 0 radical (unpaired) electrons. The largest absolute Gasteiger partial charge is 0.378 e. The smallest absolute Gasteiger partial charge is 0.0622 e. The van der Waals surface area contributed by atoms with E-state index in [1.807, 2.05) is 0 Å². The van der Waals surface area contributed by atoms with Crippen molar-refractivity contribution < 1.29 is 4.74 Å². The minimum atomic E-state index is 0.337. The Hall–Kier alpha value is -0.550. The zero-order valence-corrected chi connectivity index (χ0v) is 8.34. The molecule has 0 amide bonds. The molecule has 0 aromatic heterocycles. The molecule has 2 nitrogen and oxygen atoms in total. The monoisotopic (exact) mass is 169 g/mol. The fraction of sp³-hybridized carbons (Fsp3) is 0.900. The zero-order valence-electron chi connectivity index (χ0n) is 8.34. The van der Waals surface area contributed by atoms with Gasteiger partial charge in [0, 0.05) is 13.0 Å². The highest BCUT2D eigenvalue weighted by atomic mass is 16.5. The van der Waals surface area contributed by atoms with Gasteiger partial charge in [-0.05, 0) is 25.7 Å². The normalized spacial score (nSPS) is 12.9. The molecule has 0 aliphatic rings. The molecule has 0 saturated carbocycles. The summed E-state index contributed by atoms with van der Waals surface area (Å²) in [4.78, 5) is 0. The lowest BCUT2D eigenvalue weighted by Crippen LogP contribution is -2.11. The second-order valence-electron chi connectivity index (χ2n) is 3.57. The molecule has 1 unspecified atom stereocenters. The van der Waals surface area contributed by atoms with Gasteiger partial charge in [0.2, 0.25) is 0 Å². The molecule has 0 aromatic rings. The first-order valence-electron chi connectivity index (χ1n) is 4.65. The van der Waals surface area contributed by atoms with Crippen LogP contribution in [-0.2, 0) is 4.74 Å². The first-order chi connectivity index (χ1) is 5.66. The van der Waals surface area contributed by atoms with Crippen LogP contribution < -0.4 is 0 Å². The number of nitriles is 1. The van der Waals surface area contributed by atoms with Crippen molar-refractivity contribution in [3.05, 3.63) is 0 Å². The van der Waals surface area contributed by atoms with Crippen molar-refractivity contribution in [1.82, 2.24) is 0 Å². The molecule has 0 heterocycles. The second kappa shape index (κ2) is 7.12. The molecule has 0 fully saturated rings. The second-order valence-corrected chi connectivity index (χ2v) is 3.57. The van der Waals surface area contributed by atoms with Crippen LogP contribution in [0.25, 0.3) is 0 Å². The average molecular weight is 169 g/mol. The van der Waals surface area contributed by atoms with Gasteiger partial charge in [0.25, 0.3) is 0 Å². The minimum Gasteiger partial charge on any atom is -0.378 e. The van der Waals surface area contributed by atoms with E-state index < -0.39 is 0 Å². The third-order valence-electron chi connectivity index (χ3n) is 1.64. The summed E-state index contributed by atoms with van der Waals surface area (Å²) < 4.78 is 5.50. The van der Waals surface area contributed by atoms with Crippen molar-refractivity contribution in [3.8, 4) is 6.07 Å². The number of ether oxygens (including phenoxy) is 1. The Labute approximate surface area is 75.5 Å². The highest BCUT2D eigenvalue weighted by molar-refractivity contribution is 4.67. The van der Waals surface area contributed by atoms with Gasteiger partial charge in [0.1, 0.15) is 0 Å². The van der Waals surface area contributed by atoms with E-state index >= 15 is 0 Å². The molecule has 70 valence electrons. The van der Waals surface area contributed by atoms with Gasteiger partial charge >= 0.3 is 0 Å². The van der Waals surface area contributed by atoms with Gasteiger partial charge in [-0.1, -0.05) is 13.8 Å². The molecular weight excluding hydrogens is 150 g/mol. The van der Waals surface area contributed by atoms with Gasteiger partial charge in [-0.15, -0.1) is 0 Å². The molecule has 0 aromatic carbocycles. The Morgan fingerprint density at radius 2 is 2.00 bits per heavy atom. The predicted molar refractivity (Wildman–Crippen MR) is 49.7 cm³/mol. The lowest BCUT2D eigenvalue weighted by Gasteiger charge is -2.14. The van der Waals surface area contributed by atoms with Gasteiger partial charge in [0.15, 0.2) is 0 Å². The van der Waals surface area contributed by atoms with E-state index in [0.29, 0.717) is 18.4 Å². The van der Waals surface area contributed by atoms with Crippen molar-refractivity contribution in [2.75, 3.05) is 6.61 Å². The van der Waals surface area contributed by atoms with Crippen LogP contribution in [0.1, 0.15) is 40.0 Å². The zero-order chi connectivity index (χ0) is 9.40. The van der Waals surface area contributed by atoms with Gasteiger partial charge < -0.3 is 4.74 Å². The van der Waals surface area contributed by atoms with E-state index in [0.717, 1.165) is 19.4 Å². The summed E-state index contributed by atoms with van der Waals surface area (Å²) in [5.74, 6) is 0.691. The van der Waals surface area contributed by atoms with E-state index in [-0.39, 0.29) is 0 Å². The Morgan fingerprint density at radius 1 is 1.33 bits per heavy atom. The average Bonchev–Trinajstić information content (AvgIpc) is 1.97. The van der Waals surface area contributed by atoms with Crippen molar-refractivity contribution in [3.63, 3.8) is 0 Å². The third-order valence-corrected chi connectivity index (χ3v) is 1.64. The molecule has 1 atom stereocenters. The lowest BCUT2D eigenvalue weighted by molar-refractivity contribution is 0.0511. The first-order valence-corrected chi connectivity index (χ1v) is 4.65. The van der Waals surface area contributed by atoms with E-state index in [1.54, 1.807) is 0 Å². The number of unbranched alkanes of at least 4 members (excludes halogenated alkanes) is 1. The third kappa shape index (κ3) is 7.56. The topological polar surface area (TPSA) is 33.0 Å². The number of rotatable bonds is 6. The standard InChI is InChI=1S/C10H19NO/c1-9(2)8-10(3)12-7-5-4-6-11/h9-10H,4-5,7-8H2,1-3H3. The van der Waals surface area contributed by atoms with Crippen LogP contribution in [-0.4, -0.2) is 12.7 Å². The van der Waals surface area contributed by atoms with Crippen LogP contribution in [0.2, 0.25) is 0 Å². The van der Waals surface area contributed by atoms with Gasteiger partial charge in [0.05, 0.1) is 12.2 Å². The van der Waals surface area contributed by atoms with Crippen LogP contribution in [0.5, 0.6) is 0 Å². The minimum absolute atomic E-state index is 0.337. The number of hydrogen-bond acceptors (Lipinski definition) is 2. The van der Waals surface area contributed by atoms with Crippen LogP contribution >= 0.6 is 0 Å². The number of hydrogen-bond donors (Lipinski definition) is 0. The SMILES string of the molecule is CC(C)CC(C)OCCCC#N. The van der Waals surface area contributed by atoms with Gasteiger partial charge in [-0.25, -0.2) is 0 Å². The Kier molecular flexibility index (Phi) is 6.79. The fourth-order valence-electron chi connectivity index (χ4n) is 1.17. The predicted octanol–water partition coefficient (Wildman–Crippen LogP) is 2.74. The summed E-state index contributed by atoms with van der Waals surface area (Å²) >= 11 is 0. The summed E-state index contributed by atoms with van der Waals surface area (Å²) in [6.45, 7) is 7.19. The molecule has 0 saturated heterocycles. The highest BCUT2D eigenvalue weighted by Gasteiger charge is 2.03. The summed E-state index contributed by atoms with van der Waals surface area (Å²) in [6.07, 6.45) is 2.91. The molecule has 12 heavy (non-hydrogen) atoms. The quantitative estimate of drug-likeness (QED) is 0.573. The molecule has 0 aliphatic carbocycles. The van der Waals surface area contributed by atoms with E-state index in [2.05, 4.69) is 26.8 Å². The number of nitrogens with zero attached hydrogens (tertiary/aromatic N) is 1. The molecule has 0 rings (SSSR count). The van der Waals surface area contributed by atoms with Gasteiger partial charge in [-0.3, -0.25) is 0 Å². The first kappa shape index (κ1) is 11.4. The maximum absolute atomic E-state index is 8.27. The maximum Gasteiger partial charge on any atom is 0.0622 e. The summed E-state index contributed by atoms with van der Waals surface area (Å²) in [7, 11) is 0. The Balaban J connectivity index is 3.20. The fourth-order valence-corrected chi connectivity index (χ4v) is 1.17. The van der Waals surface area contributed by atoms with E-state index in [9.17, 15) is 0 Å². The lowest BCUT2D eigenvalue weighted by atomic mass is 10.1. The molecular formula is C10H19NO. The van der Waals surface area contributed by atoms with Crippen LogP contribution in [0.15, 0.2) is 0 Å². The van der Waals surface area contributed by atoms with Crippen LogP contribution in [0.4, 0.5) is 0 Å². The van der Waals surface area contributed by atoms with Crippen molar-refractivity contribution in [2.45, 2.75) is 46.1 Å². The molecule has 0 aliphatic heterocycles. The van der Waals surface area contributed by atoms with Crippen molar-refractivity contribution in [1.29, 1.82) is 5.26 Å². The van der Waals surface area contributed by atoms with Crippen molar-refractivity contribution in [2.24, 2.45) is 5.92 Å². The molecule has 2 heteroatoms. The summed E-state index contributed by atoms with van der Waals surface area (Å²) in [5.41, 5.74) is 0.